The van der Waals surface area contributed by atoms with Crippen LogP contribution in [0.5, 0.6) is 0 Å². The van der Waals surface area contributed by atoms with E-state index in [2.05, 4.69) is 0 Å². The zero-order chi connectivity index (χ0) is 15.3. The highest BCUT2D eigenvalue weighted by Crippen LogP contribution is 2.12. The number of benzene rings is 1. The van der Waals surface area contributed by atoms with E-state index in [1.165, 1.54) is 6.92 Å². The molecule has 8 heteroatoms. The van der Waals surface area contributed by atoms with Crippen LogP contribution in [0.1, 0.15) is 12.5 Å². The Morgan fingerprint density at radius 2 is 1.95 bits per heavy atom. The lowest BCUT2D eigenvalue weighted by atomic mass is 10.2. The van der Waals surface area contributed by atoms with E-state index in [9.17, 15) is 13.2 Å². The van der Waals surface area contributed by atoms with Crippen LogP contribution in [0.25, 0.3) is 0 Å². The molecular weight excluding hydrogens is 284 g/mol. The van der Waals surface area contributed by atoms with Crippen molar-refractivity contribution in [2.24, 2.45) is 5.14 Å². The standard InChI is InChI=1S/C12H18N2O5S/c1-9(19-8-10-6-4-3-5-7-10)11(12(15)16)14(2)20(13,17)18/h3-7,9,11H,8H2,1-2H3,(H,15,16)(H2,13,17,18)/t9-,11+/m1/s1. The lowest BCUT2D eigenvalue weighted by Crippen LogP contribution is -2.51. The first-order valence-corrected chi connectivity index (χ1v) is 7.38. The van der Waals surface area contributed by atoms with Crippen LogP contribution >= 0.6 is 0 Å². The Morgan fingerprint density at radius 1 is 1.40 bits per heavy atom. The van der Waals surface area contributed by atoms with Gasteiger partial charge in [-0.15, -0.1) is 0 Å². The van der Waals surface area contributed by atoms with Crippen molar-refractivity contribution >= 4 is 16.2 Å². The van der Waals surface area contributed by atoms with Crippen LogP contribution in [0, 0.1) is 0 Å². The van der Waals surface area contributed by atoms with E-state index in [1.807, 2.05) is 30.3 Å². The fourth-order valence-electron chi connectivity index (χ4n) is 1.70. The van der Waals surface area contributed by atoms with Crippen LogP contribution < -0.4 is 5.14 Å². The molecule has 1 rings (SSSR count). The number of ether oxygens (including phenoxy) is 1. The molecule has 7 nitrogen and oxygen atoms in total. The highest BCUT2D eigenvalue weighted by molar-refractivity contribution is 7.86. The topological polar surface area (TPSA) is 110 Å². The number of carboxylic acid groups (broad SMARTS) is 1. The van der Waals surface area contributed by atoms with Gasteiger partial charge in [0.05, 0.1) is 12.7 Å². The molecule has 1 aromatic rings. The molecule has 1 aromatic carbocycles. The Bertz CT molecular complexity index is 546. The number of aliphatic carboxylic acids is 1. The molecule has 0 aromatic heterocycles. The number of nitrogens with two attached hydrogens (primary N) is 1. The minimum atomic E-state index is -4.10. The van der Waals surface area contributed by atoms with E-state index in [0.717, 1.165) is 12.6 Å². The van der Waals surface area contributed by atoms with Gasteiger partial charge in [-0.2, -0.15) is 12.7 Å². The van der Waals surface area contributed by atoms with E-state index in [1.54, 1.807) is 0 Å². The van der Waals surface area contributed by atoms with Gasteiger partial charge in [0.1, 0.15) is 6.04 Å². The van der Waals surface area contributed by atoms with Crippen LogP contribution in [0.2, 0.25) is 0 Å². The minimum absolute atomic E-state index is 0.185. The number of rotatable bonds is 7. The van der Waals surface area contributed by atoms with Crippen molar-refractivity contribution < 1.29 is 23.1 Å². The number of likely N-dealkylation sites (N-methyl/N-ethyl adjacent to an activating group) is 1. The molecule has 0 saturated heterocycles. The summed E-state index contributed by atoms with van der Waals surface area (Å²) in [5.41, 5.74) is 0.863. The smallest absolute Gasteiger partial charge is 0.324 e. The zero-order valence-corrected chi connectivity index (χ0v) is 12.1. The highest BCUT2D eigenvalue weighted by atomic mass is 32.2. The molecular formula is C12H18N2O5S. The fraction of sp³-hybridized carbons (Fsp3) is 0.417. The SMILES string of the molecule is C[C@@H](OCc1ccccc1)[C@@H](C(=O)O)N(C)S(N)(=O)=O. The van der Waals surface area contributed by atoms with Gasteiger partial charge >= 0.3 is 5.97 Å². The van der Waals surface area contributed by atoms with Crippen molar-refractivity contribution in [3.63, 3.8) is 0 Å². The van der Waals surface area contributed by atoms with Gasteiger partial charge in [-0.1, -0.05) is 30.3 Å². The van der Waals surface area contributed by atoms with Crippen molar-refractivity contribution in [1.29, 1.82) is 0 Å². The summed E-state index contributed by atoms with van der Waals surface area (Å²) in [6, 6.07) is 7.77. The third-order valence-electron chi connectivity index (χ3n) is 2.85. The van der Waals surface area contributed by atoms with E-state index in [4.69, 9.17) is 15.0 Å². The second kappa shape index (κ2) is 6.80. The average molecular weight is 302 g/mol. The second-order valence-corrected chi connectivity index (χ2v) is 5.95. The van der Waals surface area contributed by atoms with Gasteiger partial charge < -0.3 is 9.84 Å². The maximum atomic E-state index is 11.2. The van der Waals surface area contributed by atoms with Crippen molar-refractivity contribution in [2.45, 2.75) is 25.7 Å². The van der Waals surface area contributed by atoms with Crippen LogP contribution in [0.3, 0.4) is 0 Å². The summed E-state index contributed by atoms with van der Waals surface area (Å²) in [5.74, 6) is -1.32. The molecule has 0 spiro atoms. The van der Waals surface area contributed by atoms with Crippen molar-refractivity contribution in [3.8, 4) is 0 Å². The summed E-state index contributed by atoms with van der Waals surface area (Å²) in [7, 11) is -2.99. The summed E-state index contributed by atoms with van der Waals surface area (Å²) in [4.78, 5) is 11.2. The first kappa shape index (κ1) is 16.6. The summed E-state index contributed by atoms with van der Waals surface area (Å²) in [6.45, 7) is 1.67. The molecule has 20 heavy (non-hydrogen) atoms. The van der Waals surface area contributed by atoms with Gasteiger partial charge in [-0.05, 0) is 12.5 Å². The van der Waals surface area contributed by atoms with E-state index in [-0.39, 0.29) is 6.61 Å². The maximum Gasteiger partial charge on any atom is 0.324 e. The third-order valence-corrected chi connectivity index (χ3v) is 3.88. The molecule has 2 atom stereocenters. The van der Waals surface area contributed by atoms with E-state index >= 15 is 0 Å². The van der Waals surface area contributed by atoms with E-state index in [0.29, 0.717) is 4.31 Å². The molecule has 0 aliphatic heterocycles. The van der Waals surface area contributed by atoms with Gasteiger partial charge in [-0.3, -0.25) is 4.79 Å². The average Bonchev–Trinajstić information content (AvgIpc) is 2.36. The maximum absolute atomic E-state index is 11.2. The predicted molar refractivity (Wildman–Crippen MR) is 73.0 cm³/mol. The molecule has 0 aliphatic rings. The van der Waals surface area contributed by atoms with Crippen LogP contribution in [0.15, 0.2) is 30.3 Å². The predicted octanol–water partition coefficient (Wildman–Crippen LogP) is 0.180. The van der Waals surface area contributed by atoms with Crippen LogP contribution in [-0.4, -0.2) is 43.0 Å². The summed E-state index contributed by atoms with van der Waals surface area (Å²) in [6.07, 6.45) is -0.851. The molecule has 112 valence electrons. The zero-order valence-electron chi connectivity index (χ0n) is 11.3. The number of hydrogen-bond donors (Lipinski definition) is 2. The first-order chi connectivity index (χ1) is 9.23. The molecule has 0 fully saturated rings. The second-order valence-electron chi connectivity index (χ2n) is 4.35. The molecule has 0 saturated carbocycles. The molecule has 0 aliphatic carbocycles. The lowest BCUT2D eigenvalue weighted by molar-refractivity contribution is -0.146. The van der Waals surface area contributed by atoms with Gasteiger partial charge in [-0.25, -0.2) is 5.14 Å². The quantitative estimate of drug-likeness (QED) is 0.746. The number of carbonyl (C=O) groups is 1. The first-order valence-electron chi connectivity index (χ1n) is 5.87. The molecule has 0 radical (unpaired) electrons. The van der Waals surface area contributed by atoms with E-state index < -0.39 is 28.3 Å². The van der Waals surface area contributed by atoms with Crippen LogP contribution in [-0.2, 0) is 26.3 Å². The van der Waals surface area contributed by atoms with Crippen molar-refractivity contribution in [3.05, 3.63) is 35.9 Å². The minimum Gasteiger partial charge on any atom is -0.480 e. The van der Waals surface area contributed by atoms with Crippen molar-refractivity contribution in [1.82, 2.24) is 4.31 Å². The van der Waals surface area contributed by atoms with Gasteiger partial charge in [0.2, 0.25) is 0 Å². The Morgan fingerprint density at radius 3 is 2.40 bits per heavy atom. The molecule has 0 amide bonds. The third kappa shape index (κ3) is 4.57. The lowest BCUT2D eigenvalue weighted by Gasteiger charge is -2.27. The van der Waals surface area contributed by atoms with Crippen molar-refractivity contribution in [2.75, 3.05) is 7.05 Å². The number of hydrogen-bond acceptors (Lipinski definition) is 4. The summed E-state index contributed by atoms with van der Waals surface area (Å²) < 4.78 is 28.5. The number of nitrogens with zero attached hydrogens (tertiary/aromatic N) is 1. The largest absolute Gasteiger partial charge is 0.480 e. The number of carboxylic acids is 1. The Kier molecular flexibility index (Phi) is 5.63. The molecule has 3 N–H and O–H groups in total. The molecule has 0 bridgehead atoms. The Hall–Kier alpha value is -1.48. The fourth-order valence-corrected chi connectivity index (χ4v) is 2.28. The Balaban J connectivity index is 2.75. The van der Waals surface area contributed by atoms with Gasteiger partial charge in [0, 0.05) is 7.05 Å². The molecule has 0 unspecified atom stereocenters. The van der Waals surface area contributed by atoms with Gasteiger partial charge in [0.25, 0.3) is 10.2 Å². The Labute approximate surface area is 118 Å². The summed E-state index contributed by atoms with van der Waals surface area (Å²) in [5, 5.41) is 14.1. The van der Waals surface area contributed by atoms with Gasteiger partial charge in [0.15, 0.2) is 0 Å². The summed E-state index contributed by atoms with van der Waals surface area (Å²) >= 11 is 0. The molecule has 0 heterocycles. The van der Waals surface area contributed by atoms with Crippen LogP contribution in [0.4, 0.5) is 0 Å². The normalized spacial score (nSPS) is 15.0. The highest BCUT2D eigenvalue weighted by Gasteiger charge is 2.34. The monoisotopic (exact) mass is 302 g/mol.